The van der Waals surface area contributed by atoms with E-state index in [1.54, 1.807) is 31.6 Å². The maximum Gasteiger partial charge on any atom is 0.338 e. The Morgan fingerprint density at radius 3 is 2.87 bits per heavy atom. The van der Waals surface area contributed by atoms with Crippen LogP contribution in [0.4, 0.5) is 4.79 Å². The third-order valence-corrected chi connectivity index (χ3v) is 5.32. The zero-order valence-corrected chi connectivity index (χ0v) is 16.8. The smallest absolute Gasteiger partial charge is 0.338 e. The number of thioether (sulfide) groups is 1. The Kier molecular flexibility index (Phi) is 5.89. The molecule has 1 aliphatic rings. The predicted molar refractivity (Wildman–Crippen MR) is 105 cm³/mol. The van der Waals surface area contributed by atoms with Crippen molar-refractivity contribution in [3.63, 3.8) is 0 Å². The number of carbonyl (C=O) groups excluding carboxylic acids is 2. The first-order chi connectivity index (χ1) is 14.7. The lowest BCUT2D eigenvalue weighted by Gasteiger charge is -2.27. The Hall–Kier alpha value is -3.47. The fourth-order valence-electron chi connectivity index (χ4n) is 3.02. The molecule has 1 atom stereocenters. The van der Waals surface area contributed by atoms with E-state index in [0.717, 1.165) is 5.76 Å². The maximum atomic E-state index is 12.7. The van der Waals surface area contributed by atoms with Crippen LogP contribution in [0.3, 0.4) is 0 Å². The Morgan fingerprint density at radius 2 is 2.13 bits per heavy atom. The average molecular weight is 429 g/mol. The number of nitrogens with one attached hydrogen (secondary N) is 2. The van der Waals surface area contributed by atoms with Crippen molar-refractivity contribution in [2.45, 2.75) is 24.7 Å². The van der Waals surface area contributed by atoms with Gasteiger partial charge in [0.25, 0.3) is 0 Å². The molecule has 1 aliphatic heterocycles. The van der Waals surface area contributed by atoms with Gasteiger partial charge in [0.15, 0.2) is 5.16 Å². The summed E-state index contributed by atoms with van der Waals surface area (Å²) in [6.07, 6.45) is 4.68. The molecule has 2 N–H and O–H groups in total. The summed E-state index contributed by atoms with van der Waals surface area (Å²) in [5, 5.41) is 14.1. The van der Waals surface area contributed by atoms with Crippen molar-refractivity contribution in [1.29, 1.82) is 0 Å². The number of furan rings is 2. The maximum absolute atomic E-state index is 12.7. The number of amides is 2. The molecule has 3 aromatic heterocycles. The number of rotatable bonds is 8. The lowest BCUT2D eigenvalue weighted by atomic mass is 10.0. The summed E-state index contributed by atoms with van der Waals surface area (Å²) in [5.41, 5.74) is 0.715. The van der Waals surface area contributed by atoms with Crippen LogP contribution in [0.1, 0.15) is 24.5 Å². The highest BCUT2D eigenvalue weighted by Crippen LogP contribution is 2.30. The monoisotopic (exact) mass is 429 g/mol. The Labute approximate surface area is 175 Å². The molecule has 30 heavy (non-hydrogen) atoms. The Morgan fingerprint density at radius 1 is 1.30 bits per heavy atom. The molecule has 0 bridgehead atoms. The number of nitrogens with zero attached hydrogens (tertiary/aromatic N) is 3. The summed E-state index contributed by atoms with van der Waals surface area (Å²) in [6, 6.07) is 5.87. The molecule has 156 valence electrons. The van der Waals surface area contributed by atoms with Gasteiger partial charge >= 0.3 is 12.0 Å². The van der Waals surface area contributed by atoms with E-state index in [-0.39, 0.29) is 17.9 Å². The minimum atomic E-state index is -0.746. The van der Waals surface area contributed by atoms with Gasteiger partial charge in [0, 0.05) is 11.4 Å². The molecule has 0 spiro atoms. The second-order valence-electron chi connectivity index (χ2n) is 6.27. The van der Waals surface area contributed by atoms with Gasteiger partial charge in [-0.1, -0.05) is 11.8 Å². The summed E-state index contributed by atoms with van der Waals surface area (Å²) in [6.45, 7) is 2.40. The van der Waals surface area contributed by atoms with Crippen molar-refractivity contribution in [2.75, 3.05) is 12.4 Å². The Balaban J connectivity index is 1.60. The highest BCUT2D eigenvalue weighted by Gasteiger charge is 2.35. The topological polar surface area (TPSA) is 124 Å². The van der Waals surface area contributed by atoms with Crippen LogP contribution >= 0.6 is 11.8 Å². The molecular weight excluding hydrogens is 410 g/mol. The zero-order valence-electron chi connectivity index (χ0n) is 16.0. The van der Waals surface area contributed by atoms with Gasteiger partial charge in [0.05, 0.1) is 31.3 Å². The number of ether oxygens (including phenoxy) is 1. The number of esters is 1. The number of hydrogen-bond acceptors (Lipinski definition) is 8. The van der Waals surface area contributed by atoms with Crippen LogP contribution in [0, 0.1) is 0 Å². The molecule has 4 heterocycles. The predicted octanol–water partition coefficient (Wildman–Crippen LogP) is 2.48. The third-order valence-electron chi connectivity index (χ3n) is 4.31. The number of carbonyl (C=O) groups is 2. The molecule has 3 aromatic rings. The first-order valence-corrected chi connectivity index (χ1v) is 10.2. The second-order valence-corrected chi connectivity index (χ2v) is 7.21. The molecule has 0 aromatic carbocycles. The number of aromatic nitrogens is 3. The van der Waals surface area contributed by atoms with E-state index >= 15 is 0 Å². The molecule has 0 radical (unpaired) electrons. The molecule has 10 nitrogen and oxygen atoms in total. The largest absolute Gasteiger partial charge is 0.467 e. The van der Waals surface area contributed by atoms with Crippen LogP contribution in [-0.2, 0) is 16.1 Å². The summed E-state index contributed by atoms with van der Waals surface area (Å²) in [7, 11) is 0. The van der Waals surface area contributed by atoms with E-state index < -0.39 is 18.0 Å². The van der Waals surface area contributed by atoms with Crippen LogP contribution in [0.15, 0.2) is 68.4 Å². The number of hydrogen-bond donors (Lipinski definition) is 2. The molecule has 0 saturated carbocycles. The second kappa shape index (κ2) is 8.91. The quantitative estimate of drug-likeness (QED) is 0.413. The minimum Gasteiger partial charge on any atom is -0.467 e. The molecule has 0 saturated heterocycles. The molecule has 11 heteroatoms. The molecular formula is C19H19N5O5S. The van der Waals surface area contributed by atoms with E-state index in [2.05, 4.69) is 20.8 Å². The van der Waals surface area contributed by atoms with Crippen LogP contribution in [0.5, 0.6) is 0 Å². The summed E-state index contributed by atoms with van der Waals surface area (Å²) >= 11 is 1.33. The van der Waals surface area contributed by atoms with Crippen LogP contribution in [0.2, 0.25) is 0 Å². The zero-order chi connectivity index (χ0) is 20.9. The van der Waals surface area contributed by atoms with Gasteiger partial charge in [0.2, 0.25) is 0 Å². The molecule has 2 amide bonds. The lowest BCUT2D eigenvalue weighted by molar-refractivity contribution is -0.139. The molecule has 4 rings (SSSR count). The van der Waals surface area contributed by atoms with Crippen molar-refractivity contribution in [3.05, 3.63) is 65.9 Å². The Bertz CT molecular complexity index is 1040. The average Bonchev–Trinajstić information content (AvgIpc) is 3.50. The van der Waals surface area contributed by atoms with Gasteiger partial charge in [-0.05, 0) is 31.2 Å². The van der Waals surface area contributed by atoms with Crippen LogP contribution in [-0.4, -0.2) is 39.1 Å². The van der Waals surface area contributed by atoms with Crippen molar-refractivity contribution < 1.29 is 23.2 Å². The SMILES string of the molecule is CCOC(=O)C1=C(CSc2nncn2Cc2ccco2)NC(=O)NC1c1ccco1. The highest BCUT2D eigenvalue weighted by molar-refractivity contribution is 7.99. The van der Waals surface area contributed by atoms with E-state index in [1.807, 2.05) is 16.7 Å². The van der Waals surface area contributed by atoms with E-state index in [0.29, 0.717) is 23.2 Å². The van der Waals surface area contributed by atoms with Crippen molar-refractivity contribution >= 4 is 23.8 Å². The lowest BCUT2D eigenvalue weighted by Crippen LogP contribution is -2.46. The van der Waals surface area contributed by atoms with Crippen LogP contribution < -0.4 is 10.6 Å². The van der Waals surface area contributed by atoms with Crippen LogP contribution in [0.25, 0.3) is 0 Å². The summed E-state index contributed by atoms with van der Waals surface area (Å²) in [4.78, 5) is 24.9. The van der Waals surface area contributed by atoms with Gasteiger partial charge in [-0.2, -0.15) is 0 Å². The van der Waals surface area contributed by atoms with E-state index in [9.17, 15) is 9.59 Å². The number of urea groups is 1. The third kappa shape index (κ3) is 4.25. The van der Waals surface area contributed by atoms with E-state index in [1.165, 1.54) is 18.0 Å². The van der Waals surface area contributed by atoms with Gasteiger partial charge in [0.1, 0.15) is 23.9 Å². The molecule has 0 fully saturated rings. The normalized spacial score (nSPS) is 16.3. The first kappa shape index (κ1) is 19.8. The van der Waals surface area contributed by atoms with Gasteiger partial charge < -0.3 is 28.8 Å². The summed E-state index contributed by atoms with van der Waals surface area (Å²) in [5.74, 6) is 0.946. The van der Waals surface area contributed by atoms with Gasteiger partial charge in [-0.15, -0.1) is 10.2 Å². The molecule has 1 unspecified atom stereocenters. The highest BCUT2D eigenvalue weighted by atomic mass is 32.2. The van der Waals surface area contributed by atoms with Gasteiger partial charge in [-0.25, -0.2) is 9.59 Å². The van der Waals surface area contributed by atoms with Gasteiger partial charge in [-0.3, -0.25) is 0 Å². The van der Waals surface area contributed by atoms with Crippen molar-refractivity contribution in [1.82, 2.24) is 25.4 Å². The molecule has 0 aliphatic carbocycles. The fourth-order valence-corrected chi connectivity index (χ4v) is 3.91. The van der Waals surface area contributed by atoms with E-state index in [4.69, 9.17) is 13.6 Å². The standard InChI is InChI=1S/C19H19N5O5S/c1-2-27-17(25)15-13(21-18(26)22-16(15)14-6-4-8-29-14)10-30-19-23-20-11-24(19)9-12-5-3-7-28-12/h3-8,11,16H,2,9-10H2,1H3,(H2,21,22,26). The minimum absolute atomic E-state index is 0.207. The summed E-state index contributed by atoms with van der Waals surface area (Å²) < 4.78 is 17.8. The van der Waals surface area contributed by atoms with Crippen molar-refractivity contribution in [2.24, 2.45) is 0 Å². The van der Waals surface area contributed by atoms with Crippen molar-refractivity contribution in [3.8, 4) is 0 Å². The fraction of sp³-hybridized carbons (Fsp3) is 0.263. The first-order valence-electron chi connectivity index (χ1n) is 9.19.